The van der Waals surface area contributed by atoms with Gasteiger partial charge in [0.25, 0.3) is 0 Å². The van der Waals surface area contributed by atoms with Crippen molar-refractivity contribution in [3.8, 4) is 5.75 Å². The standard InChI is InChI=1S/C14H18N4O3/c1-2-20-14(19)9-12-10-16-17-18(12)7-8-21-13-5-3-11(15)4-6-13/h3-6,10H,2,7-9,15H2,1H3. The van der Waals surface area contributed by atoms with Crippen LogP contribution in [0.1, 0.15) is 12.6 Å². The Morgan fingerprint density at radius 1 is 1.33 bits per heavy atom. The van der Waals surface area contributed by atoms with Gasteiger partial charge < -0.3 is 15.2 Å². The number of nitrogens with zero attached hydrogens (tertiary/aromatic N) is 3. The molecule has 0 atom stereocenters. The van der Waals surface area contributed by atoms with Crippen molar-refractivity contribution in [2.75, 3.05) is 18.9 Å². The van der Waals surface area contributed by atoms with Crippen LogP contribution >= 0.6 is 0 Å². The van der Waals surface area contributed by atoms with E-state index in [1.165, 1.54) is 0 Å². The van der Waals surface area contributed by atoms with Crippen LogP contribution in [0.25, 0.3) is 0 Å². The van der Waals surface area contributed by atoms with Crippen molar-refractivity contribution in [1.82, 2.24) is 15.0 Å². The van der Waals surface area contributed by atoms with Crippen LogP contribution in [-0.2, 0) is 22.5 Å². The van der Waals surface area contributed by atoms with E-state index >= 15 is 0 Å². The summed E-state index contributed by atoms with van der Waals surface area (Å²) < 4.78 is 12.1. The van der Waals surface area contributed by atoms with Crippen molar-refractivity contribution in [1.29, 1.82) is 0 Å². The van der Waals surface area contributed by atoms with Crippen molar-refractivity contribution in [3.05, 3.63) is 36.2 Å². The van der Waals surface area contributed by atoms with E-state index in [4.69, 9.17) is 15.2 Å². The molecule has 1 aromatic carbocycles. The Balaban J connectivity index is 1.84. The Morgan fingerprint density at radius 2 is 2.10 bits per heavy atom. The number of carbonyl (C=O) groups is 1. The second-order valence-electron chi connectivity index (χ2n) is 4.35. The average molecular weight is 290 g/mol. The zero-order valence-corrected chi connectivity index (χ0v) is 11.9. The zero-order chi connectivity index (χ0) is 15.1. The lowest BCUT2D eigenvalue weighted by Gasteiger charge is -2.08. The molecule has 0 bridgehead atoms. The third-order valence-electron chi connectivity index (χ3n) is 2.78. The summed E-state index contributed by atoms with van der Waals surface area (Å²) >= 11 is 0. The Hall–Kier alpha value is -2.57. The molecule has 2 aromatic rings. The SMILES string of the molecule is CCOC(=O)Cc1cnnn1CCOc1ccc(N)cc1. The van der Waals surface area contributed by atoms with Gasteiger partial charge in [0.1, 0.15) is 12.4 Å². The van der Waals surface area contributed by atoms with Gasteiger partial charge >= 0.3 is 5.97 Å². The molecule has 1 aromatic heterocycles. The van der Waals surface area contributed by atoms with Gasteiger partial charge in [-0.3, -0.25) is 4.79 Å². The van der Waals surface area contributed by atoms with Crippen molar-refractivity contribution in [3.63, 3.8) is 0 Å². The summed E-state index contributed by atoms with van der Waals surface area (Å²) in [6.07, 6.45) is 1.71. The molecule has 0 aliphatic heterocycles. The van der Waals surface area contributed by atoms with Crippen molar-refractivity contribution < 1.29 is 14.3 Å². The molecule has 0 saturated heterocycles. The molecule has 0 saturated carbocycles. The second kappa shape index (κ2) is 7.28. The van der Waals surface area contributed by atoms with E-state index in [2.05, 4.69) is 10.3 Å². The molecule has 0 amide bonds. The molecular formula is C14H18N4O3. The summed E-state index contributed by atoms with van der Waals surface area (Å²) in [5.74, 6) is 0.441. The summed E-state index contributed by atoms with van der Waals surface area (Å²) in [5, 5.41) is 7.74. The van der Waals surface area contributed by atoms with Gasteiger partial charge in [0.05, 0.1) is 31.5 Å². The molecule has 0 radical (unpaired) electrons. The number of aromatic nitrogens is 3. The molecule has 0 aliphatic rings. The molecule has 21 heavy (non-hydrogen) atoms. The van der Waals surface area contributed by atoms with E-state index in [1.54, 1.807) is 42.1 Å². The first-order chi connectivity index (χ1) is 10.2. The predicted octanol–water partition coefficient (Wildman–Crippen LogP) is 1.04. The topological polar surface area (TPSA) is 92.3 Å². The summed E-state index contributed by atoms with van der Waals surface area (Å²) in [5.41, 5.74) is 6.99. The minimum Gasteiger partial charge on any atom is -0.492 e. The van der Waals surface area contributed by atoms with Crippen LogP contribution in [0.5, 0.6) is 5.75 Å². The van der Waals surface area contributed by atoms with E-state index in [1.807, 2.05) is 0 Å². The highest BCUT2D eigenvalue weighted by Crippen LogP contribution is 2.13. The number of benzene rings is 1. The Morgan fingerprint density at radius 3 is 2.81 bits per heavy atom. The van der Waals surface area contributed by atoms with Gasteiger partial charge in [0.2, 0.25) is 0 Å². The summed E-state index contributed by atoms with van der Waals surface area (Å²) in [4.78, 5) is 11.5. The fraction of sp³-hybridized carbons (Fsp3) is 0.357. The smallest absolute Gasteiger partial charge is 0.311 e. The number of ether oxygens (including phenoxy) is 2. The van der Waals surface area contributed by atoms with Gasteiger partial charge in [-0.15, -0.1) is 5.10 Å². The van der Waals surface area contributed by atoms with Crippen LogP contribution in [0.3, 0.4) is 0 Å². The first-order valence-corrected chi connectivity index (χ1v) is 6.70. The number of nitrogens with two attached hydrogens (primary N) is 1. The third-order valence-corrected chi connectivity index (χ3v) is 2.78. The van der Waals surface area contributed by atoms with Crippen LogP contribution in [0.4, 0.5) is 5.69 Å². The Bertz CT molecular complexity index is 580. The number of nitrogen functional groups attached to an aromatic ring is 1. The summed E-state index contributed by atoms with van der Waals surface area (Å²) in [6.45, 7) is 3.05. The van der Waals surface area contributed by atoms with Crippen LogP contribution in [0.15, 0.2) is 30.5 Å². The van der Waals surface area contributed by atoms with Crippen molar-refractivity contribution in [2.24, 2.45) is 0 Å². The lowest BCUT2D eigenvalue weighted by Crippen LogP contribution is -2.16. The number of carbonyl (C=O) groups excluding carboxylic acids is 1. The van der Waals surface area contributed by atoms with Gasteiger partial charge in [-0.25, -0.2) is 4.68 Å². The summed E-state index contributed by atoms with van der Waals surface area (Å²) in [6, 6.07) is 7.15. The van der Waals surface area contributed by atoms with Crippen molar-refractivity contribution >= 4 is 11.7 Å². The molecule has 7 nitrogen and oxygen atoms in total. The first kappa shape index (κ1) is 14.8. The summed E-state index contributed by atoms with van der Waals surface area (Å²) in [7, 11) is 0. The lowest BCUT2D eigenvalue weighted by molar-refractivity contribution is -0.142. The maximum Gasteiger partial charge on any atom is 0.311 e. The van der Waals surface area contributed by atoms with Crippen LogP contribution in [-0.4, -0.2) is 34.2 Å². The number of rotatable bonds is 7. The molecule has 0 spiro atoms. The van der Waals surface area contributed by atoms with E-state index in [9.17, 15) is 4.79 Å². The zero-order valence-electron chi connectivity index (χ0n) is 11.9. The minimum atomic E-state index is -0.291. The number of esters is 1. The molecule has 2 N–H and O–H groups in total. The number of hydrogen-bond acceptors (Lipinski definition) is 6. The highest BCUT2D eigenvalue weighted by atomic mass is 16.5. The van der Waals surface area contributed by atoms with Gasteiger partial charge in [-0.2, -0.15) is 0 Å². The fourth-order valence-electron chi connectivity index (χ4n) is 1.78. The largest absolute Gasteiger partial charge is 0.492 e. The molecule has 0 unspecified atom stereocenters. The molecule has 1 heterocycles. The highest BCUT2D eigenvalue weighted by molar-refractivity contribution is 5.71. The van der Waals surface area contributed by atoms with Crippen LogP contribution in [0.2, 0.25) is 0 Å². The molecule has 0 fully saturated rings. The highest BCUT2D eigenvalue weighted by Gasteiger charge is 2.10. The first-order valence-electron chi connectivity index (χ1n) is 6.70. The molecular weight excluding hydrogens is 272 g/mol. The van der Waals surface area contributed by atoms with E-state index in [0.717, 1.165) is 5.75 Å². The molecule has 7 heteroatoms. The molecule has 2 rings (SSSR count). The van der Waals surface area contributed by atoms with Gasteiger partial charge in [-0.1, -0.05) is 5.21 Å². The average Bonchev–Trinajstić information content (AvgIpc) is 2.89. The second-order valence-corrected chi connectivity index (χ2v) is 4.35. The third kappa shape index (κ3) is 4.48. The molecule has 112 valence electrons. The van der Waals surface area contributed by atoms with Crippen LogP contribution in [0, 0.1) is 0 Å². The van der Waals surface area contributed by atoms with Crippen LogP contribution < -0.4 is 10.5 Å². The predicted molar refractivity (Wildman–Crippen MR) is 76.7 cm³/mol. The monoisotopic (exact) mass is 290 g/mol. The quantitative estimate of drug-likeness (QED) is 0.605. The fourth-order valence-corrected chi connectivity index (χ4v) is 1.78. The number of anilines is 1. The van der Waals surface area contributed by atoms with Gasteiger partial charge in [-0.05, 0) is 31.2 Å². The van der Waals surface area contributed by atoms with Crippen molar-refractivity contribution in [2.45, 2.75) is 19.9 Å². The van der Waals surface area contributed by atoms with Gasteiger partial charge in [0, 0.05) is 5.69 Å². The van der Waals surface area contributed by atoms with Gasteiger partial charge in [0.15, 0.2) is 0 Å². The number of hydrogen-bond donors (Lipinski definition) is 1. The maximum atomic E-state index is 11.5. The Labute approximate surface area is 122 Å². The maximum absolute atomic E-state index is 11.5. The van der Waals surface area contributed by atoms with E-state index < -0.39 is 0 Å². The van der Waals surface area contributed by atoms with E-state index in [0.29, 0.717) is 31.1 Å². The Kier molecular flexibility index (Phi) is 5.14. The lowest BCUT2D eigenvalue weighted by atomic mass is 10.3. The van der Waals surface area contributed by atoms with E-state index in [-0.39, 0.29) is 12.4 Å². The molecule has 0 aliphatic carbocycles. The normalized spacial score (nSPS) is 10.3. The minimum absolute atomic E-state index is 0.155.